The Morgan fingerprint density at radius 2 is 1.94 bits per heavy atom. The van der Waals surface area contributed by atoms with E-state index in [-0.39, 0.29) is 12.0 Å². The fourth-order valence-corrected chi connectivity index (χ4v) is 4.82. The van der Waals surface area contributed by atoms with Gasteiger partial charge in [-0.25, -0.2) is 4.79 Å². The lowest BCUT2D eigenvalue weighted by atomic mass is 9.99. The summed E-state index contributed by atoms with van der Waals surface area (Å²) >= 11 is 0. The number of carbonyl (C=O) groups is 1. The number of ether oxygens (including phenoxy) is 1. The van der Waals surface area contributed by atoms with Crippen LogP contribution in [0.2, 0.25) is 0 Å². The predicted octanol–water partition coefficient (Wildman–Crippen LogP) is 5.10. The van der Waals surface area contributed by atoms with Crippen molar-refractivity contribution < 1.29 is 9.53 Å². The zero-order chi connectivity index (χ0) is 22.1. The number of carbonyl (C=O) groups excluding carboxylic acids is 1. The topological polar surface area (TPSA) is 54.5 Å². The molecule has 0 unspecified atom stereocenters. The second-order valence-corrected chi connectivity index (χ2v) is 8.44. The number of benzene rings is 3. The lowest BCUT2D eigenvalue weighted by molar-refractivity contribution is 0.0603. The highest BCUT2D eigenvalue weighted by atomic mass is 16.5. The molecular formula is C27H27N3O2. The molecule has 2 heterocycles. The van der Waals surface area contributed by atoms with E-state index >= 15 is 0 Å². The van der Waals surface area contributed by atoms with Gasteiger partial charge < -0.3 is 15.0 Å². The van der Waals surface area contributed by atoms with Crippen LogP contribution in [0.5, 0.6) is 0 Å². The van der Waals surface area contributed by atoms with Gasteiger partial charge in [0.15, 0.2) is 0 Å². The largest absolute Gasteiger partial charge is 0.465 e. The van der Waals surface area contributed by atoms with E-state index in [2.05, 4.69) is 76.7 Å². The van der Waals surface area contributed by atoms with Crippen LogP contribution in [0.25, 0.3) is 21.7 Å². The van der Waals surface area contributed by atoms with Gasteiger partial charge in [-0.1, -0.05) is 42.5 Å². The van der Waals surface area contributed by atoms with Crippen LogP contribution in [-0.2, 0) is 4.74 Å². The normalized spacial score (nSPS) is 17.1. The number of aromatic nitrogens is 1. The van der Waals surface area contributed by atoms with Crippen molar-refractivity contribution in [3.63, 3.8) is 0 Å². The summed E-state index contributed by atoms with van der Waals surface area (Å²) in [7, 11) is 1.40. The number of fused-ring (bicyclic) bond motifs is 2. The predicted molar refractivity (Wildman–Crippen MR) is 129 cm³/mol. The van der Waals surface area contributed by atoms with Crippen LogP contribution in [0, 0.1) is 0 Å². The number of hydrogen-bond acceptors (Lipinski definition) is 5. The molecule has 0 saturated carbocycles. The lowest BCUT2D eigenvalue weighted by Crippen LogP contribution is -2.34. The molecular weight excluding hydrogens is 398 g/mol. The number of methoxy groups -OCH3 is 1. The molecule has 0 radical (unpaired) electrons. The molecule has 5 nitrogen and oxygen atoms in total. The van der Waals surface area contributed by atoms with Crippen LogP contribution in [0.15, 0.2) is 72.9 Å². The van der Waals surface area contributed by atoms with Crippen LogP contribution >= 0.6 is 0 Å². The summed E-state index contributed by atoms with van der Waals surface area (Å²) in [6, 6.07) is 23.6. The van der Waals surface area contributed by atoms with Gasteiger partial charge in [0.25, 0.3) is 0 Å². The van der Waals surface area contributed by atoms with Crippen molar-refractivity contribution >= 4 is 33.3 Å². The molecule has 0 amide bonds. The van der Waals surface area contributed by atoms with Gasteiger partial charge in [-0.15, -0.1) is 0 Å². The standard InChI is InChI=1S/C27H27N3O2/c1-18(22-9-5-7-19-6-3-4-8-23(19)22)29-20-13-15-30(17-20)21-10-11-24-25(27(31)32-2)12-14-28-26(24)16-21/h3-12,14,16,18,20,29H,13,15,17H2,1-2H3/t18-,20+/m1/s1. The first-order valence-corrected chi connectivity index (χ1v) is 11.1. The summed E-state index contributed by atoms with van der Waals surface area (Å²) in [6.45, 7) is 4.18. The summed E-state index contributed by atoms with van der Waals surface area (Å²) in [5.41, 5.74) is 3.83. The molecule has 1 saturated heterocycles. The van der Waals surface area contributed by atoms with E-state index in [0.29, 0.717) is 11.6 Å². The molecule has 5 heteroatoms. The molecule has 3 aromatic carbocycles. The Bertz CT molecular complexity index is 1280. The number of anilines is 1. The van der Waals surface area contributed by atoms with E-state index in [1.807, 2.05) is 6.07 Å². The molecule has 32 heavy (non-hydrogen) atoms. The van der Waals surface area contributed by atoms with Crippen molar-refractivity contribution in [1.82, 2.24) is 10.3 Å². The van der Waals surface area contributed by atoms with Gasteiger partial charge in [-0.2, -0.15) is 0 Å². The Morgan fingerprint density at radius 3 is 2.81 bits per heavy atom. The van der Waals surface area contributed by atoms with Crippen LogP contribution in [0.4, 0.5) is 5.69 Å². The molecule has 162 valence electrons. The first-order chi connectivity index (χ1) is 15.6. The third kappa shape index (κ3) is 3.80. The van der Waals surface area contributed by atoms with Crippen molar-refractivity contribution in [2.75, 3.05) is 25.1 Å². The summed E-state index contributed by atoms with van der Waals surface area (Å²) in [6.07, 6.45) is 2.75. The minimum Gasteiger partial charge on any atom is -0.465 e. The second kappa shape index (κ2) is 8.60. The van der Waals surface area contributed by atoms with Crippen LogP contribution in [0.3, 0.4) is 0 Å². The average Bonchev–Trinajstić information content (AvgIpc) is 3.30. The molecule has 2 atom stereocenters. The molecule has 1 aliphatic rings. The Hall–Kier alpha value is -3.44. The molecule has 4 aromatic rings. The summed E-state index contributed by atoms with van der Waals surface area (Å²) in [5, 5.41) is 7.25. The quantitative estimate of drug-likeness (QED) is 0.451. The van der Waals surface area contributed by atoms with Crippen molar-refractivity contribution in [3.05, 3.63) is 84.1 Å². The van der Waals surface area contributed by atoms with Gasteiger partial charge in [0.2, 0.25) is 0 Å². The minimum absolute atomic E-state index is 0.270. The fourth-order valence-electron chi connectivity index (χ4n) is 4.82. The number of rotatable bonds is 5. The number of nitrogens with zero attached hydrogens (tertiary/aromatic N) is 2. The van der Waals surface area contributed by atoms with Gasteiger partial charge in [0.1, 0.15) is 0 Å². The third-order valence-electron chi connectivity index (χ3n) is 6.46. The lowest BCUT2D eigenvalue weighted by Gasteiger charge is -2.23. The molecule has 0 bridgehead atoms. The van der Waals surface area contributed by atoms with Gasteiger partial charge in [-0.3, -0.25) is 4.98 Å². The Kier molecular flexibility index (Phi) is 5.50. The van der Waals surface area contributed by atoms with Gasteiger partial charge in [0.05, 0.1) is 18.2 Å². The van der Waals surface area contributed by atoms with Gasteiger partial charge in [0, 0.05) is 42.4 Å². The van der Waals surface area contributed by atoms with E-state index in [9.17, 15) is 4.79 Å². The first-order valence-electron chi connectivity index (χ1n) is 11.1. The maximum absolute atomic E-state index is 12.0. The van der Waals surface area contributed by atoms with E-state index in [0.717, 1.165) is 36.1 Å². The number of esters is 1. The second-order valence-electron chi connectivity index (χ2n) is 8.44. The Balaban J connectivity index is 1.32. The minimum atomic E-state index is -0.335. The highest BCUT2D eigenvalue weighted by Gasteiger charge is 2.25. The smallest absolute Gasteiger partial charge is 0.338 e. The van der Waals surface area contributed by atoms with Crippen LogP contribution in [0.1, 0.15) is 35.3 Å². The first kappa shape index (κ1) is 20.5. The maximum atomic E-state index is 12.0. The average molecular weight is 426 g/mol. The highest BCUT2D eigenvalue weighted by molar-refractivity contribution is 6.03. The van der Waals surface area contributed by atoms with Crippen LogP contribution < -0.4 is 10.2 Å². The third-order valence-corrected chi connectivity index (χ3v) is 6.46. The molecule has 1 N–H and O–H groups in total. The molecule has 1 fully saturated rings. The number of hydrogen-bond donors (Lipinski definition) is 1. The zero-order valence-corrected chi connectivity index (χ0v) is 18.4. The van der Waals surface area contributed by atoms with Crippen molar-refractivity contribution in [2.45, 2.75) is 25.4 Å². The van der Waals surface area contributed by atoms with Crippen LogP contribution in [-0.4, -0.2) is 37.2 Å². The molecule has 0 spiro atoms. The Morgan fingerprint density at radius 1 is 1.09 bits per heavy atom. The molecule has 5 rings (SSSR count). The van der Waals surface area contributed by atoms with Gasteiger partial charge >= 0.3 is 5.97 Å². The van der Waals surface area contributed by atoms with Crippen molar-refractivity contribution in [2.24, 2.45) is 0 Å². The maximum Gasteiger partial charge on any atom is 0.338 e. The molecule has 1 aliphatic heterocycles. The SMILES string of the molecule is COC(=O)c1ccnc2cc(N3CC[C@H](N[C@H](C)c4cccc5ccccc45)C3)ccc12. The molecule has 1 aromatic heterocycles. The highest BCUT2D eigenvalue weighted by Crippen LogP contribution is 2.28. The van der Waals surface area contributed by atoms with E-state index < -0.39 is 0 Å². The van der Waals surface area contributed by atoms with E-state index in [1.165, 1.54) is 23.4 Å². The number of nitrogens with one attached hydrogen (secondary N) is 1. The van der Waals surface area contributed by atoms with Crippen molar-refractivity contribution in [3.8, 4) is 0 Å². The fraction of sp³-hybridized carbons (Fsp3) is 0.259. The van der Waals surface area contributed by atoms with Crippen molar-refractivity contribution in [1.29, 1.82) is 0 Å². The number of pyridine rings is 1. The van der Waals surface area contributed by atoms with Gasteiger partial charge in [-0.05, 0) is 53.9 Å². The Labute approximate surface area is 188 Å². The molecule has 0 aliphatic carbocycles. The monoisotopic (exact) mass is 425 g/mol. The summed E-state index contributed by atoms with van der Waals surface area (Å²) < 4.78 is 4.90. The van der Waals surface area contributed by atoms with E-state index in [4.69, 9.17) is 4.74 Å². The summed E-state index contributed by atoms with van der Waals surface area (Å²) in [5.74, 6) is -0.335. The summed E-state index contributed by atoms with van der Waals surface area (Å²) in [4.78, 5) is 18.9. The van der Waals surface area contributed by atoms with E-state index in [1.54, 1.807) is 12.3 Å². The zero-order valence-electron chi connectivity index (χ0n) is 18.4.